The molecule has 1 heterocycles. The summed E-state index contributed by atoms with van der Waals surface area (Å²) in [5, 5.41) is 11.5. The number of thiophene rings is 1. The molecule has 0 saturated heterocycles. The molecule has 1 N–H and O–H groups in total. The van der Waals surface area contributed by atoms with Crippen LogP contribution in [0.25, 0.3) is 0 Å². The lowest BCUT2D eigenvalue weighted by Gasteiger charge is -2.19. The summed E-state index contributed by atoms with van der Waals surface area (Å²) in [6, 6.07) is 6.78. The number of halogens is 1. The molecule has 0 bridgehead atoms. The van der Waals surface area contributed by atoms with Crippen LogP contribution in [0.15, 0.2) is 34.5 Å². The molecule has 114 valence electrons. The van der Waals surface area contributed by atoms with E-state index in [0.29, 0.717) is 22.7 Å². The summed E-state index contributed by atoms with van der Waals surface area (Å²) in [4.78, 5) is 1.10. The van der Waals surface area contributed by atoms with Crippen LogP contribution in [0.2, 0.25) is 5.02 Å². The Morgan fingerprint density at radius 1 is 1.38 bits per heavy atom. The van der Waals surface area contributed by atoms with Gasteiger partial charge in [0.15, 0.2) is 0 Å². The van der Waals surface area contributed by atoms with Gasteiger partial charge in [0.2, 0.25) is 10.0 Å². The molecule has 2 aromatic rings. The average molecular weight is 346 g/mol. The summed E-state index contributed by atoms with van der Waals surface area (Å²) in [7, 11) is -2.12. The Bertz CT molecular complexity index is 727. The molecule has 21 heavy (non-hydrogen) atoms. The zero-order valence-corrected chi connectivity index (χ0v) is 14.1. The summed E-state index contributed by atoms with van der Waals surface area (Å²) in [6.45, 7) is 1.73. The van der Waals surface area contributed by atoms with Gasteiger partial charge in [-0.05, 0) is 41.6 Å². The van der Waals surface area contributed by atoms with E-state index in [2.05, 4.69) is 0 Å². The molecule has 0 spiro atoms. The van der Waals surface area contributed by atoms with Crippen molar-refractivity contribution in [3.05, 3.63) is 50.7 Å². The molecule has 2 rings (SSSR count). The van der Waals surface area contributed by atoms with Crippen LogP contribution >= 0.6 is 22.9 Å². The van der Waals surface area contributed by atoms with E-state index in [4.69, 9.17) is 11.6 Å². The highest BCUT2D eigenvalue weighted by Gasteiger charge is 2.25. The van der Waals surface area contributed by atoms with E-state index < -0.39 is 10.0 Å². The Kier molecular flexibility index (Phi) is 5.06. The van der Waals surface area contributed by atoms with E-state index in [1.54, 1.807) is 13.0 Å². The first-order valence-electron chi connectivity index (χ1n) is 6.25. The first kappa shape index (κ1) is 16.5. The van der Waals surface area contributed by atoms with E-state index in [1.165, 1.54) is 28.8 Å². The zero-order chi connectivity index (χ0) is 15.6. The molecule has 0 unspecified atom stereocenters. The third-order valence-electron chi connectivity index (χ3n) is 3.25. The minimum Gasteiger partial charge on any atom is -0.392 e. The van der Waals surface area contributed by atoms with Crippen LogP contribution in [0.1, 0.15) is 16.0 Å². The van der Waals surface area contributed by atoms with Crippen molar-refractivity contribution in [2.24, 2.45) is 0 Å². The normalized spacial score (nSPS) is 12.0. The lowest BCUT2D eigenvalue weighted by Crippen LogP contribution is -2.27. The summed E-state index contributed by atoms with van der Waals surface area (Å²) >= 11 is 7.47. The van der Waals surface area contributed by atoms with Gasteiger partial charge in [-0.15, -0.1) is 11.3 Å². The molecule has 4 nitrogen and oxygen atoms in total. The minimum absolute atomic E-state index is 0.137. The largest absolute Gasteiger partial charge is 0.392 e. The van der Waals surface area contributed by atoms with Gasteiger partial charge in [-0.1, -0.05) is 17.7 Å². The van der Waals surface area contributed by atoms with Crippen LogP contribution in [0.4, 0.5) is 0 Å². The molecule has 0 fully saturated rings. The molecular formula is C14H16ClNO3S2. The highest BCUT2D eigenvalue weighted by Crippen LogP contribution is 2.27. The third kappa shape index (κ3) is 3.46. The summed E-state index contributed by atoms with van der Waals surface area (Å²) in [6.07, 6.45) is 0. The molecule has 0 atom stereocenters. The van der Waals surface area contributed by atoms with Gasteiger partial charge in [-0.25, -0.2) is 8.42 Å². The zero-order valence-electron chi connectivity index (χ0n) is 11.7. The predicted molar refractivity (Wildman–Crippen MR) is 85.1 cm³/mol. The SMILES string of the molecule is Cc1c(CO)cc(Cl)cc1S(=O)(=O)N(C)Cc1cccs1. The van der Waals surface area contributed by atoms with E-state index in [0.717, 1.165) is 4.88 Å². The third-order valence-corrected chi connectivity index (χ3v) is 6.26. The van der Waals surface area contributed by atoms with E-state index >= 15 is 0 Å². The van der Waals surface area contributed by atoms with Crippen LogP contribution in [0, 0.1) is 6.92 Å². The molecule has 0 aliphatic carbocycles. The van der Waals surface area contributed by atoms with Crippen LogP contribution in [0.5, 0.6) is 0 Å². The van der Waals surface area contributed by atoms with Gasteiger partial charge < -0.3 is 5.11 Å². The molecule has 0 amide bonds. The predicted octanol–water partition coefficient (Wildman–Crippen LogP) is 3.02. The van der Waals surface area contributed by atoms with Crippen LogP contribution in [-0.2, 0) is 23.2 Å². The van der Waals surface area contributed by atoms with Crippen molar-refractivity contribution in [1.29, 1.82) is 0 Å². The molecule has 0 saturated carbocycles. The van der Waals surface area contributed by atoms with Gasteiger partial charge in [-0.3, -0.25) is 0 Å². The fourth-order valence-electron chi connectivity index (χ4n) is 2.02. The van der Waals surface area contributed by atoms with Crippen molar-refractivity contribution in [1.82, 2.24) is 4.31 Å². The van der Waals surface area contributed by atoms with Gasteiger partial charge in [-0.2, -0.15) is 4.31 Å². The van der Waals surface area contributed by atoms with Gasteiger partial charge in [0.05, 0.1) is 11.5 Å². The number of aliphatic hydroxyl groups is 1. The van der Waals surface area contributed by atoms with Crippen LogP contribution in [0.3, 0.4) is 0 Å². The topological polar surface area (TPSA) is 57.6 Å². The summed E-state index contributed by atoms with van der Waals surface area (Å²) < 4.78 is 26.7. The standard InChI is InChI=1S/C14H16ClNO3S2/c1-10-11(9-17)6-12(15)7-14(10)21(18,19)16(2)8-13-4-3-5-20-13/h3-7,17H,8-9H2,1-2H3. The average Bonchev–Trinajstić information content (AvgIpc) is 2.93. The van der Waals surface area contributed by atoms with Crippen molar-refractivity contribution in [2.45, 2.75) is 25.0 Å². The quantitative estimate of drug-likeness (QED) is 0.906. The maximum Gasteiger partial charge on any atom is 0.243 e. The molecule has 7 heteroatoms. The van der Waals surface area contributed by atoms with Crippen molar-refractivity contribution in [3.8, 4) is 0 Å². The van der Waals surface area contributed by atoms with Crippen molar-refractivity contribution >= 4 is 33.0 Å². The molecule has 0 aliphatic rings. The Hall–Kier alpha value is -0.920. The van der Waals surface area contributed by atoms with E-state index in [1.807, 2.05) is 17.5 Å². The second-order valence-electron chi connectivity index (χ2n) is 4.69. The number of sulfonamides is 1. The Morgan fingerprint density at radius 2 is 2.10 bits per heavy atom. The molecular weight excluding hydrogens is 330 g/mol. The van der Waals surface area contributed by atoms with Gasteiger partial charge in [0.25, 0.3) is 0 Å². The Labute approximate surface area is 133 Å². The fraction of sp³-hybridized carbons (Fsp3) is 0.286. The smallest absolute Gasteiger partial charge is 0.243 e. The molecule has 1 aromatic heterocycles. The minimum atomic E-state index is -3.66. The fourth-order valence-corrected chi connectivity index (χ4v) is 4.60. The highest BCUT2D eigenvalue weighted by molar-refractivity contribution is 7.89. The molecule has 0 aliphatic heterocycles. The first-order valence-corrected chi connectivity index (χ1v) is 8.94. The van der Waals surface area contributed by atoms with Crippen LogP contribution < -0.4 is 0 Å². The summed E-state index contributed by atoms with van der Waals surface area (Å²) in [5.74, 6) is 0. The number of aliphatic hydroxyl groups excluding tert-OH is 1. The molecule has 1 aromatic carbocycles. The number of hydrogen-bond donors (Lipinski definition) is 1. The van der Waals surface area contributed by atoms with Gasteiger partial charge in [0.1, 0.15) is 0 Å². The Balaban J connectivity index is 2.41. The lowest BCUT2D eigenvalue weighted by molar-refractivity contribution is 0.280. The van der Waals surface area contributed by atoms with Gasteiger partial charge in [0, 0.05) is 23.5 Å². The lowest BCUT2D eigenvalue weighted by atomic mass is 10.1. The number of hydrogen-bond acceptors (Lipinski definition) is 4. The summed E-state index contributed by atoms with van der Waals surface area (Å²) in [5.41, 5.74) is 1.05. The van der Waals surface area contributed by atoms with Crippen molar-refractivity contribution in [3.63, 3.8) is 0 Å². The Morgan fingerprint density at radius 3 is 2.67 bits per heavy atom. The van der Waals surface area contributed by atoms with E-state index in [-0.39, 0.29) is 11.5 Å². The number of nitrogens with zero attached hydrogens (tertiary/aromatic N) is 1. The number of benzene rings is 1. The number of rotatable bonds is 5. The highest BCUT2D eigenvalue weighted by atomic mass is 35.5. The van der Waals surface area contributed by atoms with Crippen LogP contribution in [-0.4, -0.2) is 24.9 Å². The second kappa shape index (κ2) is 6.46. The maximum atomic E-state index is 12.7. The first-order chi connectivity index (χ1) is 9.86. The molecule has 0 radical (unpaired) electrons. The maximum absolute atomic E-state index is 12.7. The van der Waals surface area contributed by atoms with Crippen molar-refractivity contribution in [2.75, 3.05) is 7.05 Å². The van der Waals surface area contributed by atoms with Gasteiger partial charge >= 0.3 is 0 Å². The van der Waals surface area contributed by atoms with E-state index in [9.17, 15) is 13.5 Å². The van der Waals surface area contributed by atoms with Crippen molar-refractivity contribution < 1.29 is 13.5 Å². The second-order valence-corrected chi connectivity index (χ2v) is 8.17. The monoisotopic (exact) mass is 345 g/mol.